The molecule has 3 aliphatic rings. The number of fused-ring (bicyclic) bond motifs is 13. The smallest absolute Gasteiger partial charge is 0.253 e. The summed E-state index contributed by atoms with van der Waals surface area (Å²) in [4.78, 5) is 7.63. The summed E-state index contributed by atoms with van der Waals surface area (Å²) in [6.45, 7) is -0.0848. The minimum Gasteiger partial charge on any atom is -0.311 e. The largest absolute Gasteiger partial charge is 0.311 e. The Bertz CT molecular complexity index is 3910. The third-order valence-corrected chi connectivity index (χ3v) is 16.8. The van der Waals surface area contributed by atoms with Crippen molar-refractivity contribution in [3.8, 4) is 0 Å². The van der Waals surface area contributed by atoms with E-state index < -0.39 is 7.92 Å². The molecule has 6 heteroatoms. The minimum absolute atomic E-state index is 0.0848. The van der Waals surface area contributed by atoms with Crippen molar-refractivity contribution in [2.75, 3.05) is 14.7 Å². The van der Waals surface area contributed by atoms with Gasteiger partial charge in [0.05, 0.1) is 27.9 Å². The van der Waals surface area contributed by atoms with E-state index in [2.05, 4.69) is 250 Å². The fourth-order valence-electron chi connectivity index (χ4n) is 11.8. The summed E-state index contributed by atoms with van der Waals surface area (Å²) in [6.07, 6.45) is 0. The van der Waals surface area contributed by atoms with Crippen LogP contribution in [0.4, 0.5) is 51.2 Å². The third-order valence-electron chi connectivity index (χ3n) is 14.3. The van der Waals surface area contributed by atoms with E-state index in [1.807, 2.05) is 0 Å². The lowest BCUT2D eigenvalue weighted by Gasteiger charge is -2.46. The van der Waals surface area contributed by atoms with Gasteiger partial charge in [-0.15, -0.1) is 0 Å². The van der Waals surface area contributed by atoms with Crippen LogP contribution in [-0.4, -0.2) is 11.1 Å². The molecule has 0 bridgehead atoms. The van der Waals surface area contributed by atoms with Gasteiger partial charge in [-0.25, -0.2) is 0 Å². The number of benzene rings is 10. The van der Waals surface area contributed by atoms with Crippen molar-refractivity contribution in [1.82, 2.24) is 4.40 Å². The van der Waals surface area contributed by atoms with Crippen LogP contribution in [0.1, 0.15) is 0 Å². The number of hydrogen-bond donors (Lipinski definition) is 0. The van der Waals surface area contributed by atoms with E-state index in [9.17, 15) is 0 Å². The highest BCUT2D eigenvalue weighted by Gasteiger charge is 2.47. The second-order valence-electron chi connectivity index (χ2n) is 17.7. The fraction of sp³-hybridized carbons (Fsp3) is 0. The molecule has 306 valence electrons. The van der Waals surface area contributed by atoms with E-state index in [0.717, 1.165) is 17.1 Å². The summed E-state index contributed by atoms with van der Waals surface area (Å²) in [5.41, 5.74) is 18.5. The van der Waals surface area contributed by atoms with Crippen LogP contribution in [0.15, 0.2) is 231 Å². The van der Waals surface area contributed by atoms with Crippen LogP contribution in [0.2, 0.25) is 0 Å². The van der Waals surface area contributed by atoms with Gasteiger partial charge in [0.1, 0.15) is 0 Å². The van der Waals surface area contributed by atoms with Crippen molar-refractivity contribution in [2.24, 2.45) is 0 Å². The molecule has 0 aliphatic carbocycles. The maximum Gasteiger partial charge on any atom is 0.253 e. The van der Waals surface area contributed by atoms with Crippen molar-refractivity contribution in [3.05, 3.63) is 231 Å². The van der Waals surface area contributed by atoms with Crippen LogP contribution >= 0.6 is 7.92 Å². The highest BCUT2D eigenvalue weighted by molar-refractivity contribution is 7.80. The summed E-state index contributed by atoms with van der Waals surface area (Å²) in [5, 5.41) is 9.26. The number of aromatic nitrogens is 1. The normalized spacial score (nSPS) is 14.7. The predicted octanol–water partition coefficient (Wildman–Crippen LogP) is 12.5. The first-order valence-electron chi connectivity index (χ1n) is 22.8. The van der Waals surface area contributed by atoms with Crippen molar-refractivity contribution in [3.63, 3.8) is 0 Å². The number of anilines is 9. The molecule has 3 aliphatic heterocycles. The van der Waals surface area contributed by atoms with E-state index >= 15 is 0 Å². The lowest BCUT2D eigenvalue weighted by molar-refractivity contribution is 1.25. The van der Waals surface area contributed by atoms with Gasteiger partial charge < -0.3 is 19.1 Å². The summed E-state index contributed by atoms with van der Waals surface area (Å²) < 4.78 is 2.54. The Labute approximate surface area is 384 Å². The first-order valence-corrected chi connectivity index (χ1v) is 24.2. The van der Waals surface area contributed by atoms with Crippen LogP contribution in [0, 0.1) is 0 Å². The molecule has 15 rings (SSSR count). The van der Waals surface area contributed by atoms with Gasteiger partial charge in [-0.05, 0) is 108 Å². The van der Waals surface area contributed by atoms with E-state index in [4.69, 9.17) is 0 Å². The fourth-order valence-corrected chi connectivity index (χ4v) is 14.4. The Morgan fingerprint density at radius 1 is 0.333 bits per heavy atom. The number of nitrogens with zero attached hydrogens (tertiary/aromatic N) is 4. The minimum atomic E-state index is -0.953. The summed E-state index contributed by atoms with van der Waals surface area (Å²) >= 11 is 0. The molecular weight excluding hydrogens is 818 g/mol. The number of hydrogen-bond acceptors (Lipinski definition) is 3. The van der Waals surface area contributed by atoms with Crippen LogP contribution < -0.4 is 47.0 Å². The van der Waals surface area contributed by atoms with Gasteiger partial charge >= 0.3 is 0 Å². The van der Waals surface area contributed by atoms with Crippen LogP contribution in [0.3, 0.4) is 0 Å². The maximum absolute atomic E-state index is 2.64. The third kappa shape index (κ3) is 4.82. The molecule has 0 spiro atoms. The van der Waals surface area contributed by atoms with E-state index in [-0.39, 0.29) is 6.71 Å². The predicted molar refractivity (Wildman–Crippen MR) is 282 cm³/mol. The summed E-state index contributed by atoms with van der Waals surface area (Å²) in [6, 6.07) is 86.1. The molecular formula is C60H38BN4P. The molecule has 0 saturated heterocycles. The molecule has 1 atom stereocenters. The molecule has 0 saturated carbocycles. The summed E-state index contributed by atoms with van der Waals surface area (Å²) in [7, 11) is -0.953. The van der Waals surface area contributed by atoms with Crippen LogP contribution in [0.25, 0.3) is 38.1 Å². The van der Waals surface area contributed by atoms with Crippen molar-refractivity contribution in [1.29, 1.82) is 0 Å². The zero-order valence-electron chi connectivity index (χ0n) is 35.8. The SMILES string of the molecule is c1ccc(N2c3ccccc3P(c3ccccc3)c3cc4c(cc32)N(c2ccccc2)c2cccc3c2B4c2c(cc4c5ccccc5n5c6ccccc6c2c45)N3c2ccccc2)cc1. The maximum atomic E-state index is 2.64. The molecule has 66 heavy (non-hydrogen) atoms. The Morgan fingerprint density at radius 3 is 1.52 bits per heavy atom. The molecule has 1 unspecified atom stereocenters. The Morgan fingerprint density at radius 2 is 0.848 bits per heavy atom. The lowest BCUT2D eigenvalue weighted by atomic mass is 9.33. The van der Waals surface area contributed by atoms with E-state index in [1.54, 1.807) is 0 Å². The van der Waals surface area contributed by atoms with E-state index in [0.29, 0.717) is 0 Å². The number of rotatable bonds is 4. The van der Waals surface area contributed by atoms with Crippen LogP contribution in [-0.2, 0) is 0 Å². The van der Waals surface area contributed by atoms with Crippen molar-refractivity contribution >= 4 is 136 Å². The van der Waals surface area contributed by atoms with Gasteiger partial charge in [0, 0.05) is 72.0 Å². The standard InChI is InChI=1S/C60H38BN4P/c1-5-20-39(21-6-1)62-49-32-17-18-35-55(49)66(42-26-11-4-12-27-42)56-37-46-52(38-53(56)62)63(40-22-7-2-8-23-40)50-33-19-34-51-58(50)61(46)59-54(64(51)41-24-9-3-10-25-41)36-45-43-28-13-15-30-47(43)65-48-31-16-14-29-44(48)57(59)60(45)65/h1-38H. The van der Waals surface area contributed by atoms with Gasteiger partial charge in [0.15, 0.2) is 0 Å². The molecule has 0 radical (unpaired) electrons. The van der Waals surface area contributed by atoms with Crippen molar-refractivity contribution in [2.45, 2.75) is 0 Å². The highest BCUT2D eigenvalue weighted by atomic mass is 31.1. The van der Waals surface area contributed by atoms with Crippen molar-refractivity contribution < 1.29 is 0 Å². The zero-order valence-corrected chi connectivity index (χ0v) is 36.6. The second-order valence-corrected chi connectivity index (χ2v) is 19.8. The van der Waals surface area contributed by atoms with Gasteiger partial charge in [0.2, 0.25) is 0 Å². The lowest BCUT2D eigenvalue weighted by Crippen LogP contribution is -2.62. The molecule has 4 nitrogen and oxygen atoms in total. The topological polar surface area (TPSA) is 14.1 Å². The number of para-hydroxylation sites is 6. The van der Waals surface area contributed by atoms with Crippen LogP contribution in [0.5, 0.6) is 0 Å². The molecule has 10 aromatic carbocycles. The first kappa shape index (κ1) is 36.3. The molecule has 2 aromatic heterocycles. The average Bonchev–Trinajstić information content (AvgIpc) is 3.90. The quantitative estimate of drug-likeness (QED) is 0.129. The van der Waals surface area contributed by atoms with Gasteiger partial charge in [-0.3, -0.25) is 0 Å². The molecule has 0 fully saturated rings. The van der Waals surface area contributed by atoms with E-state index in [1.165, 1.54) is 105 Å². The summed E-state index contributed by atoms with van der Waals surface area (Å²) in [5.74, 6) is 0. The molecule has 0 amide bonds. The second kappa shape index (κ2) is 13.7. The Balaban J connectivity index is 1.13. The van der Waals surface area contributed by atoms with Gasteiger partial charge in [-0.1, -0.05) is 152 Å². The Hall–Kier alpha value is -8.11. The molecule has 0 N–H and O–H groups in total. The Kier molecular flexibility index (Phi) is 7.53. The molecule has 5 heterocycles. The monoisotopic (exact) mass is 856 g/mol. The molecule has 12 aromatic rings. The average molecular weight is 857 g/mol. The van der Waals surface area contributed by atoms with Gasteiger partial charge in [-0.2, -0.15) is 0 Å². The zero-order chi connectivity index (χ0) is 43.0. The van der Waals surface area contributed by atoms with Gasteiger partial charge in [0.25, 0.3) is 6.71 Å². The first-order chi connectivity index (χ1) is 32.8. The highest BCUT2D eigenvalue weighted by Crippen LogP contribution is 2.53.